The molecule has 3 N–H and O–H groups in total. The van der Waals surface area contributed by atoms with E-state index >= 15 is 0 Å². The van der Waals surface area contributed by atoms with Crippen molar-refractivity contribution in [3.8, 4) is 0 Å². The molecule has 9 heteroatoms. The molecule has 126 valence electrons. The summed E-state index contributed by atoms with van der Waals surface area (Å²) in [6.45, 7) is 0. The van der Waals surface area contributed by atoms with Gasteiger partial charge < -0.3 is 0 Å². The average molecular weight is 351 g/mol. The lowest BCUT2D eigenvalue weighted by molar-refractivity contribution is 0.959. The van der Waals surface area contributed by atoms with Crippen molar-refractivity contribution in [2.75, 3.05) is 0 Å². The Kier molecular flexibility index (Phi) is 2.10. The molecule has 0 spiro atoms. The van der Waals surface area contributed by atoms with Gasteiger partial charge in [0.1, 0.15) is 33.1 Å². The number of aromatic amines is 3. The van der Waals surface area contributed by atoms with Crippen molar-refractivity contribution in [1.82, 2.24) is 46.2 Å². The van der Waals surface area contributed by atoms with Gasteiger partial charge in [-0.05, 0) is 68.7 Å². The summed E-state index contributed by atoms with van der Waals surface area (Å²) in [6.07, 6.45) is 0. The smallest absolute Gasteiger partial charge is 0.113 e. The van der Waals surface area contributed by atoms with Crippen LogP contribution in [0.1, 0.15) is 0 Å². The van der Waals surface area contributed by atoms with Crippen molar-refractivity contribution in [3.05, 3.63) is 36.4 Å². The molecule has 9 nitrogen and oxygen atoms in total. The van der Waals surface area contributed by atoms with Crippen molar-refractivity contribution < 1.29 is 0 Å². The van der Waals surface area contributed by atoms with Crippen LogP contribution < -0.4 is 0 Å². The van der Waals surface area contributed by atoms with E-state index in [9.17, 15) is 0 Å². The number of hydrogen-bond donors (Lipinski definition) is 3. The lowest BCUT2D eigenvalue weighted by Crippen LogP contribution is -1.86. The highest BCUT2D eigenvalue weighted by molar-refractivity contribution is 6.29. The van der Waals surface area contributed by atoms with E-state index in [1.807, 2.05) is 0 Å². The lowest BCUT2D eigenvalue weighted by atomic mass is 9.93. The fraction of sp³-hybridized carbons (Fsp3) is 0. The summed E-state index contributed by atoms with van der Waals surface area (Å²) < 4.78 is 0. The first kappa shape index (κ1) is 13.1. The Morgan fingerprint density at radius 3 is 0.704 bits per heavy atom. The molecule has 0 aliphatic carbocycles. The molecule has 0 bridgehead atoms. The Labute approximate surface area is 148 Å². The zero-order valence-corrected chi connectivity index (χ0v) is 13.6. The van der Waals surface area contributed by atoms with E-state index in [0.29, 0.717) is 0 Å². The molecule has 0 aliphatic rings. The Bertz CT molecular complexity index is 1340. The van der Waals surface area contributed by atoms with Gasteiger partial charge in [0, 0.05) is 0 Å². The zero-order valence-electron chi connectivity index (χ0n) is 13.6. The monoisotopic (exact) mass is 351 g/mol. The lowest BCUT2D eigenvalue weighted by Gasteiger charge is -2.10. The number of aromatic nitrogens is 9. The van der Waals surface area contributed by atoms with Gasteiger partial charge >= 0.3 is 0 Å². The van der Waals surface area contributed by atoms with Crippen molar-refractivity contribution in [2.24, 2.45) is 0 Å². The minimum atomic E-state index is 0.825. The molecule has 7 aromatic rings. The second kappa shape index (κ2) is 4.33. The number of hydrogen-bond acceptors (Lipinski definition) is 6. The average Bonchev–Trinajstić information content (AvgIpc) is 3.43. The maximum atomic E-state index is 4.25. The minimum Gasteiger partial charge on any atom is -0.197 e. The van der Waals surface area contributed by atoms with E-state index in [4.69, 9.17) is 0 Å². The van der Waals surface area contributed by atoms with Gasteiger partial charge in [0.15, 0.2) is 0 Å². The van der Waals surface area contributed by atoms with Gasteiger partial charge in [-0.15, -0.1) is 0 Å². The van der Waals surface area contributed by atoms with Gasteiger partial charge in [0.05, 0.1) is 0 Å². The summed E-state index contributed by atoms with van der Waals surface area (Å²) in [5.74, 6) is 0. The first-order chi connectivity index (χ1) is 13.3. The normalized spacial score (nSPS) is 12.4. The van der Waals surface area contributed by atoms with Crippen LogP contribution in [0, 0.1) is 0 Å². The first-order valence-corrected chi connectivity index (χ1v) is 8.40. The summed E-state index contributed by atoms with van der Waals surface area (Å²) in [5, 5.41) is 40.2. The molecule has 0 radical (unpaired) electrons. The summed E-state index contributed by atoms with van der Waals surface area (Å²) in [5.41, 5.74) is 4.95. The van der Waals surface area contributed by atoms with E-state index in [0.717, 1.165) is 65.4 Å². The van der Waals surface area contributed by atoms with Crippen molar-refractivity contribution in [3.63, 3.8) is 0 Å². The molecule has 3 aromatic heterocycles. The highest BCUT2D eigenvalue weighted by atomic mass is 15.3. The quantitative estimate of drug-likeness (QED) is 0.361. The highest BCUT2D eigenvalue weighted by Gasteiger charge is 2.15. The van der Waals surface area contributed by atoms with Gasteiger partial charge in [0.25, 0.3) is 0 Å². The number of fused-ring (bicyclic) bond motifs is 9. The van der Waals surface area contributed by atoms with Gasteiger partial charge in [-0.1, -0.05) is 0 Å². The van der Waals surface area contributed by atoms with Crippen LogP contribution in [0.15, 0.2) is 36.4 Å². The molecule has 0 fully saturated rings. The maximum absolute atomic E-state index is 4.25. The van der Waals surface area contributed by atoms with Crippen LogP contribution in [-0.4, -0.2) is 46.2 Å². The van der Waals surface area contributed by atoms with Gasteiger partial charge in [-0.25, -0.2) is 0 Å². The van der Waals surface area contributed by atoms with Crippen LogP contribution in [0.4, 0.5) is 0 Å². The van der Waals surface area contributed by atoms with Crippen molar-refractivity contribution >= 4 is 65.4 Å². The summed E-state index contributed by atoms with van der Waals surface area (Å²) >= 11 is 0. The fourth-order valence-electron chi connectivity index (χ4n) is 4.00. The maximum Gasteiger partial charge on any atom is 0.113 e. The SMILES string of the molecule is c1c2n[nH]nc2cc2c1c1cc3n[nH]nc3cc1c1cc3n[nH]nc3cc21. The molecule has 0 amide bonds. The molecule has 0 aliphatic heterocycles. The van der Waals surface area contributed by atoms with Crippen LogP contribution >= 0.6 is 0 Å². The number of benzene rings is 4. The Morgan fingerprint density at radius 1 is 0.333 bits per heavy atom. The molecule has 7 rings (SSSR count). The number of rotatable bonds is 0. The summed E-state index contributed by atoms with van der Waals surface area (Å²) in [6, 6.07) is 12.4. The number of nitrogens with one attached hydrogen (secondary N) is 3. The van der Waals surface area contributed by atoms with E-state index in [1.165, 1.54) is 0 Å². The van der Waals surface area contributed by atoms with Gasteiger partial charge in [-0.2, -0.15) is 46.2 Å². The predicted octanol–water partition coefficient (Wildman–Crippen LogP) is 2.96. The molecular weight excluding hydrogens is 342 g/mol. The minimum absolute atomic E-state index is 0.825. The molecule has 3 heterocycles. The summed E-state index contributed by atoms with van der Waals surface area (Å²) in [4.78, 5) is 0. The molecule has 27 heavy (non-hydrogen) atoms. The molecule has 0 saturated heterocycles. The zero-order chi connectivity index (χ0) is 17.5. The number of nitrogens with zero attached hydrogens (tertiary/aromatic N) is 6. The molecule has 0 atom stereocenters. The number of H-pyrrole nitrogens is 3. The van der Waals surface area contributed by atoms with E-state index in [-0.39, 0.29) is 0 Å². The topological polar surface area (TPSA) is 125 Å². The van der Waals surface area contributed by atoms with Crippen LogP contribution in [-0.2, 0) is 0 Å². The van der Waals surface area contributed by atoms with Gasteiger partial charge in [0.2, 0.25) is 0 Å². The van der Waals surface area contributed by atoms with Crippen LogP contribution in [0.3, 0.4) is 0 Å². The third-order valence-electron chi connectivity index (χ3n) is 5.24. The van der Waals surface area contributed by atoms with Crippen LogP contribution in [0.2, 0.25) is 0 Å². The first-order valence-electron chi connectivity index (χ1n) is 8.40. The largest absolute Gasteiger partial charge is 0.197 e. The summed E-state index contributed by atoms with van der Waals surface area (Å²) in [7, 11) is 0. The van der Waals surface area contributed by atoms with E-state index in [2.05, 4.69) is 82.6 Å². The predicted molar refractivity (Wildman–Crippen MR) is 101 cm³/mol. The fourth-order valence-corrected chi connectivity index (χ4v) is 4.00. The van der Waals surface area contributed by atoms with Crippen molar-refractivity contribution in [2.45, 2.75) is 0 Å². The van der Waals surface area contributed by atoms with E-state index < -0.39 is 0 Å². The van der Waals surface area contributed by atoms with Crippen molar-refractivity contribution in [1.29, 1.82) is 0 Å². The molecular formula is C18H9N9. The highest BCUT2D eigenvalue weighted by Crippen LogP contribution is 2.39. The molecule has 0 unspecified atom stereocenters. The standard InChI is InChI=1S/C18H9N9/c1-7-8(2-14-13(1)19-25-20-14)10-4-17-18(24-27-23-17)6-12(10)11-5-16-15(3-9(7)11)21-26-22-16/h1-6H,(H,19,20,25)(H,21,22,26)(H,23,24,27). The Hall–Kier alpha value is -4.14. The molecule has 4 aromatic carbocycles. The third kappa shape index (κ3) is 1.58. The van der Waals surface area contributed by atoms with Crippen LogP contribution in [0.25, 0.3) is 65.4 Å². The molecule has 0 saturated carbocycles. The Morgan fingerprint density at radius 2 is 0.519 bits per heavy atom. The second-order valence-electron chi connectivity index (χ2n) is 6.63. The van der Waals surface area contributed by atoms with Crippen LogP contribution in [0.5, 0.6) is 0 Å². The second-order valence-corrected chi connectivity index (χ2v) is 6.63. The van der Waals surface area contributed by atoms with Gasteiger partial charge in [-0.3, -0.25) is 0 Å². The Balaban J connectivity index is 1.87. The van der Waals surface area contributed by atoms with E-state index in [1.54, 1.807) is 0 Å². The third-order valence-corrected chi connectivity index (χ3v) is 5.24.